The molecule has 1 heterocycles. The minimum Gasteiger partial charge on any atom is -0.427 e. The summed E-state index contributed by atoms with van der Waals surface area (Å²) in [4.78, 5) is 38.6. The zero-order valence-corrected chi connectivity index (χ0v) is 18.5. The van der Waals surface area contributed by atoms with Gasteiger partial charge in [-0.3, -0.25) is 14.2 Å². The number of aromatic nitrogens is 1. The van der Waals surface area contributed by atoms with E-state index in [0.29, 0.717) is 24.0 Å². The highest BCUT2D eigenvalue weighted by atomic mass is 16.7. The minimum absolute atomic E-state index is 0.121. The largest absolute Gasteiger partial charge is 0.427 e. The molecule has 1 unspecified atom stereocenters. The van der Waals surface area contributed by atoms with Crippen molar-refractivity contribution in [3.8, 4) is 0 Å². The fraction of sp³-hybridized carbons (Fsp3) is 0.179. The number of nitrogens with zero attached hydrogens (tertiary/aromatic N) is 1. The van der Waals surface area contributed by atoms with E-state index in [2.05, 4.69) is 0 Å². The second-order valence-electron chi connectivity index (χ2n) is 8.21. The van der Waals surface area contributed by atoms with Crippen LogP contribution in [0.4, 0.5) is 0 Å². The number of esters is 2. The second-order valence-corrected chi connectivity index (χ2v) is 8.21. The Morgan fingerprint density at radius 1 is 0.794 bits per heavy atom. The fourth-order valence-electron chi connectivity index (χ4n) is 4.65. The summed E-state index contributed by atoms with van der Waals surface area (Å²) in [5, 5.41) is 0.865. The van der Waals surface area contributed by atoms with Crippen LogP contribution in [0.15, 0.2) is 84.9 Å². The van der Waals surface area contributed by atoms with Crippen LogP contribution in [0.1, 0.15) is 50.7 Å². The third-order valence-electron chi connectivity index (χ3n) is 6.18. The number of rotatable bonds is 5. The van der Waals surface area contributed by atoms with E-state index in [1.54, 1.807) is 47.0 Å². The maximum absolute atomic E-state index is 13.4. The Kier molecular flexibility index (Phi) is 5.95. The predicted molar refractivity (Wildman–Crippen MR) is 127 cm³/mol. The van der Waals surface area contributed by atoms with Crippen LogP contribution in [0.2, 0.25) is 0 Å². The van der Waals surface area contributed by atoms with E-state index >= 15 is 0 Å². The monoisotopic (exact) mass is 453 g/mol. The summed E-state index contributed by atoms with van der Waals surface area (Å²) < 4.78 is 12.2. The third kappa shape index (κ3) is 3.99. The van der Waals surface area contributed by atoms with Crippen LogP contribution >= 0.6 is 0 Å². The Labute approximate surface area is 196 Å². The van der Waals surface area contributed by atoms with Crippen LogP contribution in [0.25, 0.3) is 10.9 Å². The van der Waals surface area contributed by atoms with Crippen LogP contribution in [-0.2, 0) is 20.7 Å². The molecule has 1 aliphatic rings. The zero-order valence-electron chi connectivity index (χ0n) is 18.5. The molecule has 170 valence electrons. The highest BCUT2D eigenvalue weighted by molar-refractivity contribution is 6.05. The zero-order chi connectivity index (χ0) is 23.5. The lowest BCUT2D eigenvalue weighted by Gasteiger charge is -2.23. The lowest BCUT2D eigenvalue weighted by atomic mass is 9.85. The molecule has 0 fully saturated rings. The number of carbonyl (C=O) groups is 3. The van der Waals surface area contributed by atoms with Gasteiger partial charge >= 0.3 is 11.9 Å². The normalized spacial score (nSPS) is 14.9. The van der Waals surface area contributed by atoms with Gasteiger partial charge in [-0.1, -0.05) is 54.6 Å². The number of carbonyl (C=O) groups excluding carboxylic acids is 3. The number of para-hydroxylation sites is 1. The van der Waals surface area contributed by atoms with E-state index in [9.17, 15) is 14.4 Å². The first-order chi connectivity index (χ1) is 16.6. The Hall–Kier alpha value is -4.19. The summed E-state index contributed by atoms with van der Waals surface area (Å²) >= 11 is 0. The topological polar surface area (TPSA) is 74.6 Å². The number of hydrogen-bond acceptors (Lipinski definition) is 5. The van der Waals surface area contributed by atoms with Crippen molar-refractivity contribution in [2.24, 2.45) is 0 Å². The molecule has 1 atom stereocenters. The van der Waals surface area contributed by atoms with E-state index in [-0.39, 0.29) is 5.91 Å². The molecular weight excluding hydrogens is 430 g/mol. The molecule has 0 bridgehead atoms. The van der Waals surface area contributed by atoms with Crippen LogP contribution in [-0.4, -0.2) is 29.2 Å². The van der Waals surface area contributed by atoms with Crippen molar-refractivity contribution in [1.82, 2.24) is 4.57 Å². The Morgan fingerprint density at radius 2 is 1.44 bits per heavy atom. The van der Waals surface area contributed by atoms with Crippen molar-refractivity contribution >= 4 is 28.7 Å². The van der Waals surface area contributed by atoms with Gasteiger partial charge in [-0.2, -0.15) is 0 Å². The first kappa shape index (κ1) is 21.6. The quantitative estimate of drug-likeness (QED) is 0.310. The molecule has 4 aromatic rings. The number of fused-ring (bicyclic) bond motifs is 3. The van der Waals surface area contributed by atoms with Crippen molar-refractivity contribution in [3.05, 3.63) is 107 Å². The molecule has 0 saturated carbocycles. The van der Waals surface area contributed by atoms with E-state index in [4.69, 9.17) is 9.47 Å². The molecule has 1 aliphatic carbocycles. The van der Waals surface area contributed by atoms with Gasteiger partial charge in [0.15, 0.2) is 0 Å². The van der Waals surface area contributed by atoms with Crippen molar-refractivity contribution in [2.75, 3.05) is 6.79 Å². The van der Waals surface area contributed by atoms with E-state index in [0.717, 1.165) is 28.6 Å². The molecule has 0 spiro atoms. The standard InChI is InChI=1S/C28H23NO5/c30-26(19-10-3-1-4-11-19)29-23-16-8-7-14-21(23)25-22(15-9-17-24(25)29)28(32)34-18-33-27(31)20-12-5-2-6-13-20/h1-8,10-14,16,22H,9,15,17-18H2. The maximum atomic E-state index is 13.4. The van der Waals surface area contributed by atoms with Crippen LogP contribution in [0, 0.1) is 0 Å². The summed E-state index contributed by atoms with van der Waals surface area (Å²) in [6, 6.07) is 25.3. The SMILES string of the molecule is O=C(OCOC(=O)C1CCCc2c1c1ccccc1n2C(=O)c1ccccc1)c1ccccc1. The first-order valence-corrected chi connectivity index (χ1v) is 11.3. The van der Waals surface area contributed by atoms with Gasteiger partial charge in [0.1, 0.15) is 0 Å². The van der Waals surface area contributed by atoms with Gasteiger partial charge in [0, 0.05) is 16.6 Å². The smallest absolute Gasteiger partial charge is 0.340 e. The Bertz CT molecular complexity index is 1360. The van der Waals surface area contributed by atoms with E-state index in [1.807, 2.05) is 42.5 Å². The predicted octanol–water partition coefficient (Wildman–Crippen LogP) is 5.11. The third-order valence-corrected chi connectivity index (χ3v) is 6.18. The molecule has 34 heavy (non-hydrogen) atoms. The summed E-state index contributed by atoms with van der Waals surface area (Å²) in [6.45, 7) is -0.458. The summed E-state index contributed by atoms with van der Waals surface area (Å²) in [5.74, 6) is -1.67. The number of hydrogen-bond donors (Lipinski definition) is 0. The molecular formula is C28H23NO5. The number of ether oxygens (including phenoxy) is 2. The van der Waals surface area contributed by atoms with Crippen molar-refractivity contribution in [3.63, 3.8) is 0 Å². The summed E-state index contributed by atoms with van der Waals surface area (Å²) in [6.07, 6.45) is 2.04. The van der Waals surface area contributed by atoms with Crippen LogP contribution in [0.3, 0.4) is 0 Å². The maximum Gasteiger partial charge on any atom is 0.340 e. The number of benzene rings is 3. The first-order valence-electron chi connectivity index (χ1n) is 11.3. The highest BCUT2D eigenvalue weighted by Gasteiger charge is 2.34. The molecule has 0 N–H and O–H groups in total. The lowest BCUT2D eigenvalue weighted by Crippen LogP contribution is -2.24. The van der Waals surface area contributed by atoms with E-state index < -0.39 is 24.6 Å². The molecule has 3 aromatic carbocycles. The van der Waals surface area contributed by atoms with Crippen LogP contribution in [0.5, 0.6) is 0 Å². The average Bonchev–Trinajstić information content (AvgIpc) is 3.23. The van der Waals surface area contributed by atoms with Gasteiger partial charge in [-0.05, 0) is 55.2 Å². The van der Waals surface area contributed by atoms with Gasteiger partial charge in [-0.15, -0.1) is 0 Å². The average molecular weight is 453 g/mol. The van der Waals surface area contributed by atoms with Gasteiger partial charge < -0.3 is 9.47 Å². The lowest BCUT2D eigenvalue weighted by molar-refractivity contribution is -0.154. The molecule has 5 rings (SSSR count). The molecule has 6 nitrogen and oxygen atoms in total. The molecule has 0 saturated heterocycles. The molecule has 6 heteroatoms. The Morgan fingerprint density at radius 3 is 2.18 bits per heavy atom. The second kappa shape index (κ2) is 9.35. The molecule has 0 amide bonds. The van der Waals surface area contributed by atoms with Crippen molar-refractivity contribution in [2.45, 2.75) is 25.2 Å². The molecule has 0 radical (unpaired) electrons. The van der Waals surface area contributed by atoms with Gasteiger partial charge in [0.2, 0.25) is 6.79 Å². The summed E-state index contributed by atoms with van der Waals surface area (Å²) in [7, 11) is 0. The van der Waals surface area contributed by atoms with Crippen molar-refractivity contribution < 1.29 is 23.9 Å². The highest BCUT2D eigenvalue weighted by Crippen LogP contribution is 2.40. The molecule has 1 aromatic heterocycles. The van der Waals surface area contributed by atoms with Crippen LogP contribution < -0.4 is 0 Å². The van der Waals surface area contributed by atoms with Gasteiger partial charge in [0.25, 0.3) is 5.91 Å². The Balaban J connectivity index is 1.42. The van der Waals surface area contributed by atoms with E-state index in [1.165, 1.54) is 0 Å². The molecule has 0 aliphatic heterocycles. The van der Waals surface area contributed by atoms with Gasteiger partial charge in [-0.25, -0.2) is 4.79 Å². The van der Waals surface area contributed by atoms with Gasteiger partial charge in [0.05, 0.1) is 17.0 Å². The summed E-state index contributed by atoms with van der Waals surface area (Å²) in [5.41, 5.74) is 3.41. The minimum atomic E-state index is -0.553. The van der Waals surface area contributed by atoms with Crippen molar-refractivity contribution in [1.29, 1.82) is 0 Å². The fourth-order valence-corrected chi connectivity index (χ4v) is 4.65.